The van der Waals surface area contributed by atoms with Crippen LogP contribution in [0.3, 0.4) is 0 Å². The third-order valence-electron chi connectivity index (χ3n) is 5.09. The third kappa shape index (κ3) is 2.93. The molecule has 0 spiro atoms. The molecule has 1 atom stereocenters. The summed E-state index contributed by atoms with van der Waals surface area (Å²) in [6.07, 6.45) is 6.30. The SMILES string of the molecule is O=C(Cn1nnc2c1CCCC2)N1CCCC1c1cccc(Cl)c1. The molecule has 1 amide bonds. The molecule has 0 saturated carbocycles. The number of amides is 1. The highest BCUT2D eigenvalue weighted by atomic mass is 35.5. The van der Waals surface area contributed by atoms with Crippen LogP contribution in [0.2, 0.25) is 5.02 Å². The number of aromatic nitrogens is 3. The number of fused-ring (bicyclic) bond motifs is 1. The largest absolute Gasteiger partial charge is 0.334 e. The Morgan fingerprint density at radius 2 is 2.12 bits per heavy atom. The molecule has 24 heavy (non-hydrogen) atoms. The molecule has 1 fully saturated rings. The molecule has 0 radical (unpaired) electrons. The maximum absolute atomic E-state index is 12.9. The van der Waals surface area contributed by atoms with Gasteiger partial charge in [-0.25, -0.2) is 4.68 Å². The fourth-order valence-electron chi connectivity index (χ4n) is 3.89. The zero-order chi connectivity index (χ0) is 16.5. The average molecular weight is 345 g/mol. The summed E-state index contributed by atoms with van der Waals surface area (Å²) in [7, 11) is 0. The highest BCUT2D eigenvalue weighted by Crippen LogP contribution is 2.33. The summed E-state index contributed by atoms with van der Waals surface area (Å²) in [5.74, 6) is 0.121. The van der Waals surface area contributed by atoms with E-state index in [0.717, 1.165) is 60.6 Å². The molecule has 4 rings (SSSR count). The number of carbonyl (C=O) groups excluding carboxylic acids is 1. The quantitative estimate of drug-likeness (QED) is 0.859. The van der Waals surface area contributed by atoms with Crippen molar-refractivity contribution in [3.05, 3.63) is 46.2 Å². The van der Waals surface area contributed by atoms with Gasteiger partial charge in [-0.3, -0.25) is 4.79 Å². The van der Waals surface area contributed by atoms with Crippen LogP contribution in [0.5, 0.6) is 0 Å². The minimum atomic E-state index is 0.121. The van der Waals surface area contributed by atoms with Crippen molar-refractivity contribution >= 4 is 17.5 Å². The Kier molecular flexibility index (Phi) is 4.27. The summed E-state index contributed by atoms with van der Waals surface area (Å²) in [4.78, 5) is 14.8. The second kappa shape index (κ2) is 6.55. The molecule has 1 saturated heterocycles. The number of benzene rings is 1. The average Bonchev–Trinajstić information content (AvgIpc) is 3.22. The maximum atomic E-state index is 12.9. The van der Waals surface area contributed by atoms with Crippen LogP contribution in [0.25, 0.3) is 0 Å². The van der Waals surface area contributed by atoms with Crippen LogP contribution in [-0.2, 0) is 24.2 Å². The van der Waals surface area contributed by atoms with Crippen LogP contribution >= 0.6 is 11.6 Å². The Labute approximate surface area is 146 Å². The summed E-state index contributed by atoms with van der Waals surface area (Å²) < 4.78 is 1.81. The van der Waals surface area contributed by atoms with Gasteiger partial charge in [0.15, 0.2) is 0 Å². The van der Waals surface area contributed by atoms with Crippen LogP contribution in [0.4, 0.5) is 0 Å². The summed E-state index contributed by atoms with van der Waals surface area (Å²) in [6.45, 7) is 1.09. The van der Waals surface area contributed by atoms with Gasteiger partial charge >= 0.3 is 0 Å². The molecular formula is C18H21ClN4O. The molecule has 1 aliphatic heterocycles. The van der Waals surface area contributed by atoms with Gasteiger partial charge in [0, 0.05) is 11.6 Å². The third-order valence-corrected chi connectivity index (χ3v) is 5.32. The van der Waals surface area contributed by atoms with Crippen LogP contribution in [0, 0.1) is 0 Å². The molecule has 126 valence electrons. The minimum absolute atomic E-state index is 0.121. The van der Waals surface area contributed by atoms with Crippen LogP contribution in [0.1, 0.15) is 48.7 Å². The van der Waals surface area contributed by atoms with Crippen LogP contribution < -0.4 is 0 Å². The Morgan fingerprint density at radius 1 is 1.25 bits per heavy atom. The summed E-state index contributed by atoms with van der Waals surface area (Å²) in [5.41, 5.74) is 3.34. The number of nitrogens with zero attached hydrogens (tertiary/aromatic N) is 4. The first kappa shape index (κ1) is 15.6. The van der Waals surface area contributed by atoms with Gasteiger partial charge in [-0.1, -0.05) is 28.9 Å². The molecule has 1 unspecified atom stereocenters. The molecule has 1 aliphatic carbocycles. The molecule has 2 aliphatic rings. The lowest BCUT2D eigenvalue weighted by Crippen LogP contribution is -2.34. The van der Waals surface area contributed by atoms with E-state index in [1.54, 1.807) is 0 Å². The number of hydrogen-bond acceptors (Lipinski definition) is 3. The van der Waals surface area contributed by atoms with Crippen LogP contribution in [-0.4, -0.2) is 32.3 Å². The van der Waals surface area contributed by atoms with Gasteiger partial charge in [-0.15, -0.1) is 5.10 Å². The molecule has 1 aromatic carbocycles. The van der Waals surface area contributed by atoms with Gasteiger partial charge in [0.25, 0.3) is 0 Å². The second-order valence-electron chi connectivity index (χ2n) is 6.65. The number of hydrogen-bond donors (Lipinski definition) is 0. The zero-order valence-electron chi connectivity index (χ0n) is 13.6. The van der Waals surface area contributed by atoms with Crippen molar-refractivity contribution in [2.75, 3.05) is 6.54 Å². The lowest BCUT2D eigenvalue weighted by Gasteiger charge is -2.25. The number of halogens is 1. The minimum Gasteiger partial charge on any atom is -0.334 e. The monoisotopic (exact) mass is 344 g/mol. The predicted molar refractivity (Wildman–Crippen MR) is 91.8 cm³/mol. The van der Waals surface area contributed by atoms with Gasteiger partial charge in [-0.05, 0) is 56.2 Å². The van der Waals surface area contributed by atoms with E-state index in [9.17, 15) is 4.79 Å². The van der Waals surface area contributed by atoms with Crippen molar-refractivity contribution in [1.82, 2.24) is 19.9 Å². The second-order valence-corrected chi connectivity index (χ2v) is 7.08. The summed E-state index contributed by atoms with van der Waals surface area (Å²) >= 11 is 6.12. The fraction of sp³-hybridized carbons (Fsp3) is 0.500. The van der Waals surface area contributed by atoms with Crippen molar-refractivity contribution in [3.63, 3.8) is 0 Å². The van der Waals surface area contributed by atoms with E-state index in [0.29, 0.717) is 6.54 Å². The van der Waals surface area contributed by atoms with Gasteiger partial charge in [0.1, 0.15) is 6.54 Å². The van der Waals surface area contributed by atoms with Gasteiger partial charge in [0.05, 0.1) is 17.4 Å². The molecule has 2 aromatic rings. The molecule has 0 N–H and O–H groups in total. The normalized spacial score (nSPS) is 20.2. The maximum Gasteiger partial charge on any atom is 0.244 e. The Morgan fingerprint density at radius 3 is 3.00 bits per heavy atom. The molecule has 5 nitrogen and oxygen atoms in total. The zero-order valence-corrected chi connectivity index (χ0v) is 14.4. The van der Waals surface area contributed by atoms with Gasteiger partial charge in [-0.2, -0.15) is 0 Å². The Hall–Kier alpha value is -1.88. The summed E-state index contributed by atoms with van der Waals surface area (Å²) in [5, 5.41) is 9.19. The molecule has 0 bridgehead atoms. The van der Waals surface area contributed by atoms with Crippen LogP contribution in [0.15, 0.2) is 24.3 Å². The van der Waals surface area contributed by atoms with Crippen molar-refractivity contribution in [3.8, 4) is 0 Å². The van der Waals surface area contributed by atoms with Gasteiger partial charge in [0.2, 0.25) is 5.91 Å². The lowest BCUT2D eigenvalue weighted by atomic mass is 10.0. The molecule has 1 aromatic heterocycles. The van der Waals surface area contributed by atoms with Crippen molar-refractivity contribution in [2.24, 2.45) is 0 Å². The highest BCUT2D eigenvalue weighted by molar-refractivity contribution is 6.30. The first-order chi connectivity index (χ1) is 11.7. The van der Waals surface area contributed by atoms with E-state index in [1.807, 2.05) is 27.8 Å². The number of rotatable bonds is 3. The first-order valence-electron chi connectivity index (χ1n) is 8.68. The Balaban J connectivity index is 1.52. The molecule has 2 heterocycles. The fourth-order valence-corrected chi connectivity index (χ4v) is 4.09. The number of likely N-dealkylation sites (tertiary alicyclic amines) is 1. The standard InChI is InChI=1S/C18H21ClN4O/c19-14-6-3-5-13(11-14)16-9-4-10-22(16)18(24)12-23-17-8-2-1-7-15(17)20-21-23/h3,5-6,11,16H,1-2,4,7-10,12H2. The van der Waals surface area contributed by atoms with Crippen molar-refractivity contribution < 1.29 is 4.79 Å². The Bertz CT molecular complexity index is 757. The van der Waals surface area contributed by atoms with E-state index >= 15 is 0 Å². The van der Waals surface area contributed by atoms with Gasteiger partial charge < -0.3 is 4.90 Å². The lowest BCUT2D eigenvalue weighted by molar-refractivity contribution is -0.133. The smallest absolute Gasteiger partial charge is 0.244 e. The molecule has 6 heteroatoms. The van der Waals surface area contributed by atoms with Crippen molar-refractivity contribution in [1.29, 1.82) is 0 Å². The first-order valence-corrected chi connectivity index (χ1v) is 9.06. The summed E-state index contributed by atoms with van der Waals surface area (Å²) in [6, 6.07) is 7.96. The number of aryl methyl sites for hydroxylation is 1. The highest BCUT2D eigenvalue weighted by Gasteiger charge is 2.31. The van der Waals surface area contributed by atoms with Crippen molar-refractivity contribution in [2.45, 2.75) is 51.1 Å². The van der Waals surface area contributed by atoms with E-state index < -0.39 is 0 Å². The topological polar surface area (TPSA) is 51.0 Å². The van der Waals surface area contributed by atoms with E-state index in [-0.39, 0.29) is 11.9 Å². The van der Waals surface area contributed by atoms with E-state index in [4.69, 9.17) is 11.6 Å². The molecular weight excluding hydrogens is 324 g/mol. The van der Waals surface area contributed by atoms with E-state index in [1.165, 1.54) is 6.42 Å². The number of carbonyl (C=O) groups is 1. The van der Waals surface area contributed by atoms with E-state index in [2.05, 4.69) is 16.4 Å². The predicted octanol–water partition coefficient (Wildman–Crippen LogP) is 3.17.